The van der Waals surface area contributed by atoms with Gasteiger partial charge in [-0.15, -0.1) is 10.2 Å². The third-order valence-electron chi connectivity index (χ3n) is 4.04. The normalized spacial score (nSPS) is 11.0. The molecule has 0 atom stereocenters. The van der Waals surface area contributed by atoms with E-state index in [1.807, 2.05) is 42.7 Å². The SMILES string of the molecule is COc1ccc(-c2nnc(SCC(=O)c3ccccc3F)n2C(C)C)cc1. The first-order valence-electron chi connectivity index (χ1n) is 8.51. The van der Waals surface area contributed by atoms with E-state index in [1.165, 1.54) is 23.9 Å². The molecule has 0 saturated carbocycles. The fourth-order valence-corrected chi connectivity index (χ4v) is 3.62. The largest absolute Gasteiger partial charge is 0.497 e. The second kappa shape index (κ2) is 8.35. The minimum Gasteiger partial charge on any atom is -0.497 e. The second-order valence-electron chi connectivity index (χ2n) is 6.19. The van der Waals surface area contributed by atoms with E-state index in [-0.39, 0.29) is 23.1 Å². The standard InChI is InChI=1S/C20H20FN3O2S/c1-13(2)24-19(14-8-10-15(26-3)11-9-14)22-23-20(24)27-12-18(25)16-6-4-5-7-17(16)21/h4-11,13H,12H2,1-3H3. The molecule has 0 radical (unpaired) electrons. The van der Waals surface area contributed by atoms with Crippen molar-refractivity contribution in [3.63, 3.8) is 0 Å². The molecule has 0 bridgehead atoms. The maximum absolute atomic E-state index is 13.8. The van der Waals surface area contributed by atoms with E-state index in [2.05, 4.69) is 10.2 Å². The minimum atomic E-state index is -0.507. The van der Waals surface area contributed by atoms with Crippen LogP contribution in [0.5, 0.6) is 5.75 Å². The van der Waals surface area contributed by atoms with Gasteiger partial charge in [0.15, 0.2) is 16.8 Å². The zero-order valence-electron chi connectivity index (χ0n) is 15.3. The lowest BCUT2D eigenvalue weighted by Crippen LogP contribution is -2.08. The smallest absolute Gasteiger partial charge is 0.192 e. The molecule has 0 amide bonds. The zero-order valence-corrected chi connectivity index (χ0v) is 16.2. The molecule has 3 rings (SSSR count). The summed E-state index contributed by atoms with van der Waals surface area (Å²) in [5.41, 5.74) is 1.00. The monoisotopic (exact) mass is 385 g/mol. The van der Waals surface area contributed by atoms with Gasteiger partial charge in [-0.2, -0.15) is 0 Å². The van der Waals surface area contributed by atoms with E-state index >= 15 is 0 Å². The fraction of sp³-hybridized carbons (Fsp3) is 0.250. The first-order chi connectivity index (χ1) is 13.0. The van der Waals surface area contributed by atoms with E-state index in [9.17, 15) is 9.18 Å². The second-order valence-corrected chi connectivity index (χ2v) is 7.13. The number of benzene rings is 2. The summed E-state index contributed by atoms with van der Waals surface area (Å²) in [6, 6.07) is 13.7. The van der Waals surface area contributed by atoms with Crippen molar-refractivity contribution in [1.82, 2.24) is 14.8 Å². The summed E-state index contributed by atoms with van der Waals surface area (Å²) in [5.74, 6) is 0.789. The van der Waals surface area contributed by atoms with Crippen molar-refractivity contribution in [3.8, 4) is 17.1 Å². The van der Waals surface area contributed by atoms with Crippen molar-refractivity contribution in [2.75, 3.05) is 12.9 Å². The van der Waals surface area contributed by atoms with E-state index in [4.69, 9.17) is 4.74 Å². The van der Waals surface area contributed by atoms with Crippen LogP contribution in [0.3, 0.4) is 0 Å². The van der Waals surface area contributed by atoms with Gasteiger partial charge in [0.2, 0.25) is 0 Å². The van der Waals surface area contributed by atoms with Crippen molar-refractivity contribution in [2.24, 2.45) is 0 Å². The van der Waals surface area contributed by atoms with E-state index < -0.39 is 5.82 Å². The molecule has 5 nitrogen and oxygen atoms in total. The number of carbonyl (C=O) groups excluding carboxylic acids is 1. The summed E-state index contributed by atoms with van der Waals surface area (Å²) in [4.78, 5) is 12.3. The summed E-state index contributed by atoms with van der Waals surface area (Å²) in [7, 11) is 1.62. The van der Waals surface area contributed by atoms with Crippen LogP contribution in [0.1, 0.15) is 30.2 Å². The molecule has 0 spiro atoms. The molecule has 2 aromatic carbocycles. The molecule has 0 saturated heterocycles. The summed E-state index contributed by atoms with van der Waals surface area (Å²) in [6.45, 7) is 4.05. The van der Waals surface area contributed by atoms with Gasteiger partial charge >= 0.3 is 0 Å². The highest BCUT2D eigenvalue weighted by Gasteiger charge is 2.19. The van der Waals surface area contributed by atoms with Crippen LogP contribution >= 0.6 is 11.8 Å². The summed E-state index contributed by atoms with van der Waals surface area (Å²) >= 11 is 1.26. The molecule has 0 N–H and O–H groups in total. The van der Waals surface area contributed by atoms with Crippen LogP contribution in [0.15, 0.2) is 53.7 Å². The Morgan fingerprint density at radius 3 is 2.48 bits per heavy atom. The van der Waals surface area contributed by atoms with Gasteiger partial charge in [-0.3, -0.25) is 9.36 Å². The number of ether oxygens (including phenoxy) is 1. The van der Waals surface area contributed by atoms with Crippen LogP contribution in [-0.4, -0.2) is 33.4 Å². The van der Waals surface area contributed by atoms with Crippen molar-refractivity contribution in [1.29, 1.82) is 0 Å². The molecule has 0 aliphatic carbocycles. The number of aromatic nitrogens is 3. The molecule has 140 valence electrons. The highest BCUT2D eigenvalue weighted by molar-refractivity contribution is 7.99. The number of thioether (sulfide) groups is 1. The molecule has 0 aliphatic heterocycles. The fourth-order valence-electron chi connectivity index (χ4n) is 2.67. The Bertz CT molecular complexity index is 939. The highest BCUT2D eigenvalue weighted by atomic mass is 32.2. The van der Waals surface area contributed by atoms with Crippen LogP contribution in [0.2, 0.25) is 0 Å². The molecule has 3 aromatic rings. The quantitative estimate of drug-likeness (QED) is 0.438. The van der Waals surface area contributed by atoms with E-state index in [0.717, 1.165) is 11.3 Å². The zero-order chi connectivity index (χ0) is 19.4. The van der Waals surface area contributed by atoms with Crippen molar-refractivity contribution in [3.05, 3.63) is 59.9 Å². The number of hydrogen-bond donors (Lipinski definition) is 0. The topological polar surface area (TPSA) is 57.0 Å². The number of rotatable bonds is 7. The van der Waals surface area contributed by atoms with Gasteiger partial charge < -0.3 is 4.74 Å². The Kier molecular flexibility index (Phi) is 5.91. The predicted octanol–water partition coefficient (Wildman–Crippen LogP) is 4.65. The molecule has 1 aromatic heterocycles. The molecular weight excluding hydrogens is 365 g/mol. The van der Waals surface area contributed by atoms with E-state index in [1.54, 1.807) is 19.2 Å². The number of hydrogen-bond acceptors (Lipinski definition) is 5. The molecule has 0 aliphatic rings. The van der Waals surface area contributed by atoms with Gasteiger partial charge in [0.25, 0.3) is 0 Å². The minimum absolute atomic E-state index is 0.0917. The Balaban J connectivity index is 1.83. The van der Waals surface area contributed by atoms with Gasteiger partial charge in [-0.25, -0.2) is 4.39 Å². The highest BCUT2D eigenvalue weighted by Crippen LogP contribution is 2.29. The first-order valence-corrected chi connectivity index (χ1v) is 9.49. The van der Waals surface area contributed by atoms with Crippen LogP contribution in [0.4, 0.5) is 4.39 Å². The Hall–Kier alpha value is -2.67. The van der Waals surface area contributed by atoms with Gasteiger partial charge in [-0.1, -0.05) is 23.9 Å². The number of methoxy groups -OCH3 is 1. The maximum Gasteiger partial charge on any atom is 0.192 e. The van der Waals surface area contributed by atoms with Crippen molar-refractivity contribution < 1.29 is 13.9 Å². The summed E-state index contributed by atoms with van der Waals surface area (Å²) in [6.07, 6.45) is 0. The van der Waals surface area contributed by atoms with E-state index in [0.29, 0.717) is 11.0 Å². The summed E-state index contributed by atoms with van der Waals surface area (Å²) < 4.78 is 20.9. The lowest BCUT2D eigenvalue weighted by molar-refractivity contribution is 0.101. The van der Waals surface area contributed by atoms with Gasteiger partial charge in [-0.05, 0) is 50.2 Å². The third kappa shape index (κ3) is 4.19. The van der Waals surface area contributed by atoms with Gasteiger partial charge in [0.05, 0.1) is 18.4 Å². The summed E-state index contributed by atoms with van der Waals surface area (Å²) in [5, 5.41) is 9.17. The lowest BCUT2D eigenvalue weighted by Gasteiger charge is -2.14. The Morgan fingerprint density at radius 1 is 1.15 bits per heavy atom. The average Bonchev–Trinajstić information content (AvgIpc) is 3.11. The molecule has 0 fully saturated rings. The van der Waals surface area contributed by atoms with Crippen LogP contribution < -0.4 is 4.74 Å². The average molecular weight is 385 g/mol. The lowest BCUT2D eigenvalue weighted by atomic mass is 10.1. The van der Waals surface area contributed by atoms with Crippen molar-refractivity contribution >= 4 is 17.5 Å². The predicted molar refractivity (Wildman–Crippen MR) is 104 cm³/mol. The molecule has 1 heterocycles. The number of carbonyl (C=O) groups is 1. The third-order valence-corrected chi connectivity index (χ3v) is 4.98. The molecule has 27 heavy (non-hydrogen) atoms. The number of ketones is 1. The molecular formula is C20H20FN3O2S. The van der Waals surface area contributed by atoms with Crippen LogP contribution in [0.25, 0.3) is 11.4 Å². The van der Waals surface area contributed by atoms with Gasteiger partial charge in [0.1, 0.15) is 11.6 Å². The first kappa shape index (κ1) is 19.1. The number of nitrogens with zero attached hydrogens (tertiary/aromatic N) is 3. The molecule has 0 unspecified atom stereocenters. The van der Waals surface area contributed by atoms with Crippen molar-refractivity contribution in [2.45, 2.75) is 25.0 Å². The Labute approximate surface area is 161 Å². The molecule has 7 heteroatoms. The number of Topliss-reactive ketones (excluding diaryl/α,β-unsaturated/α-hetero) is 1. The van der Waals surface area contributed by atoms with Gasteiger partial charge in [0, 0.05) is 11.6 Å². The van der Waals surface area contributed by atoms with Crippen LogP contribution in [0, 0.1) is 5.82 Å². The Morgan fingerprint density at radius 2 is 1.85 bits per heavy atom. The van der Waals surface area contributed by atoms with Crippen LogP contribution in [-0.2, 0) is 0 Å². The number of halogens is 1. The maximum atomic E-state index is 13.8.